The van der Waals surface area contributed by atoms with E-state index in [1.54, 1.807) is 42.3 Å². The number of piperidine rings is 1. The number of amides is 1. The van der Waals surface area contributed by atoms with Crippen LogP contribution in [0.1, 0.15) is 12.8 Å². The van der Waals surface area contributed by atoms with Crippen LogP contribution in [0.5, 0.6) is 0 Å². The fourth-order valence-corrected chi connectivity index (χ4v) is 4.94. The van der Waals surface area contributed by atoms with Crippen molar-refractivity contribution in [2.45, 2.75) is 23.3 Å². The van der Waals surface area contributed by atoms with Crippen molar-refractivity contribution < 1.29 is 17.9 Å². The Morgan fingerprint density at radius 2 is 1.65 bits per heavy atom. The molecule has 0 unspecified atom stereocenters. The Morgan fingerprint density at radius 3 is 2.19 bits per heavy atom. The number of rotatable bonds is 4. The molecule has 0 saturated carbocycles. The first kappa shape index (κ1) is 21.1. The number of carbonyl (C=O) groups is 1. The van der Waals surface area contributed by atoms with Gasteiger partial charge in [-0.2, -0.15) is 4.31 Å². The highest BCUT2D eigenvalue weighted by Crippen LogP contribution is 2.26. The summed E-state index contributed by atoms with van der Waals surface area (Å²) in [6.07, 6.45) is 1.29. The molecule has 7 nitrogen and oxygen atoms in total. The van der Waals surface area contributed by atoms with Gasteiger partial charge in [-0.15, -0.1) is 12.4 Å². The van der Waals surface area contributed by atoms with Crippen LogP contribution >= 0.6 is 12.4 Å². The lowest BCUT2D eigenvalue weighted by molar-refractivity contribution is -0.159. The van der Waals surface area contributed by atoms with Crippen molar-refractivity contribution in [2.75, 3.05) is 46.4 Å². The van der Waals surface area contributed by atoms with E-state index in [-0.39, 0.29) is 18.3 Å². The van der Waals surface area contributed by atoms with Crippen molar-refractivity contribution in [3.8, 4) is 0 Å². The van der Waals surface area contributed by atoms with E-state index >= 15 is 0 Å². The number of piperazine rings is 1. The second-order valence-corrected chi connectivity index (χ2v) is 8.40. The molecule has 2 aliphatic rings. The predicted octanol–water partition coefficient (Wildman–Crippen LogP) is 0.710. The van der Waals surface area contributed by atoms with Gasteiger partial charge in [-0.25, -0.2) is 8.42 Å². The van der Waals surface area contributed by atoms with E-state index in [9.17, 15) is 13.2 Å². The van der Waals surface area contributed by atoms with Gasteiger partial charge in [-0.3, -0.25) is 4.79 Å². The van der Waals surface area contributed by atoms with Gasteiger partial charge in [0.25, 0.3) is 5.91 Å². The van der Waals surface area contributed by atoms with Crippen molar-refractivity contribution in [2.24, 2.45) is 0 Å². The Kier molecular flexibility index (Phi) is 7.04. The van der Waals surface area contributed by atoms with Crippen LogP contribution in [-0.4, -0.2) is 75.5 Å². The SMILES string of the molecule is COC1(C(=O)N2CCN(S(=O)(=O)c3ccccc3)CC2)CCNCC1.Cl. The Morgan fingerprint density at radius 1 is 1.08 bits per heavy atom. The van der Waals surface area contributed by atoms with E-state index in [0.29, 0.717) is 43.9 Å². The zero-order valence-corrected chi connectivity index (χ0v) is 16.5. The maximum absolute atomic E-state index is 12.9. The van der Waals surface area contributed by atoms with Crippen LogP contribution in [0, 0.1) is 0 Å². The molecule has 26 heavy (non-hydrogen) atoms. The van der Waals surface area contributed by atoms with Crippen LogP contribution in [0.15, 0.2) is 35.2 Å². The van der Waals surface area contributed by atoms with Crippen molar-refractivity contribution in [3.05, 3.63) is 30.3 Å². The summed E-state index contributed by atoms with van der Waals surface area (Å²) in [7, 11) is -1.92. The van der Waals surface area contributed by atoms with Gasteiger partial charge in [0.2, 0.25) is 10.0 Å². The van der Waals surface area contributed by atoms with Gasteiger partial charge in [0.15, 0.2) is 0 Å². The topological polar surface area (TPSA) is 79.0 Å². The summed E-state index contributed by atoms with van der Waals surface area (Å²) >= 11 is 0. The second-order valence-electron chi connectivity index (χ2n) is 6.46. The third-order valence-corrected chi connectivity index (χ3v) is 7.01. The van der Waals surface area contributed by atoms with E-state index in [1.165, 1.54) is 4.31 Å². The molecule has 1 amide bonds. The van der Waals surface area contributed by atoms with Gasteiger partial charge < -0.3 is 15.0 Å². The van der Waals surface area contributed by atoms with Crippen LogP contribution in [0.4, 0.5) is 0 Å². The quantitative estimate of drug-likeness (QED) is 0.801. The van der Waals surface area contributed by atoms with Crippen LogP contribution in [0.3, 0.4) is 0 Å². The first-order chi connectivity index (χ1) is 12.0. The third kappa shape index (κ3) is 4.04. The standard InChI is InChI=1S/C17H25N3O4S.ClH/c1-24-17(7-9-18-10-8-17)16(21)19-11-13-20(14-12-19)25(22,23)15-5-3-2-4-6-15;/h2-6,18H,7-14H2,1H3;1H. The van der Waals surface area contributed by atoms with E-state index in [0.717, 1.165) is 13.1 Å². The molecule has 1 N–H and O–H groups in total. The lowest BCUT2D eigenvalue weighted by atomic mass is 9.90. The van der Waals surface area contributed by atoms with Gasteiger partial charge in [0.1, 0.15) is 5.60 Å². The number of nitrogens with zero attached hydrogens (tertiary/aromatic N) is 2. The van der Waals surface area contributed by atoms with Crippen LogP contribution in [-0.2, 0) is 19.6 Å². The predicted molar refractivity (Wildman–Crippen MR) is 101 cm³/mol. The zero-order valence-electron chi connectivity index (χ0n) is 14.9. The fourth-order valence-electron chi connectivity index (χ4n) is 3.50. The lowest BCUT2D eigenvalue weighted by Gasteiger charge is -2.41. The highest BCUT2D eigenvalue weighted by atomic mass is 35.5. The average Bonchev–Trinajstić information content (AvgIpc) is 2.68. The highest BCUT2D eigenvalue weighted by Gasteiger charge is 2.43. The van der Waals surface area contributed by atoms with Crippen molar-refractivity contribution >= 4 is 28.3 Å². The Labute approximate surface area is 161 Å². The first-order valence-corrected chi connectivity index (χ1v) is 10.0. The van der Waals surface area contributed by atoms with E-state index in [1.807, 2.05) is 0 Å². The maximum atomic E-state index is 12.9. The smallest absolute Gasteiger partial charge is 0.254 e. The number of hydrogen-bond acceptors (Lipinski definition) is 5. The van der Waals surface area contributed by atoms with Crippen molar-refractivity contribution in [1.29, 1.82) is 0 Å². The number of methoxy groups -OCH3 is 1. The lowest BCUT2D eigenvalue weighted by Crippen LogP contribution is -2.59. The molecule has 0 radical (unpaired) electrons. The monoisotopic (exact) mass is 403 g/mol. The molecule has 1 aromatic rings. The zero-order chi connectivity index (χ0) is 17.9. The molecule has 0 bridgehead atoms. The summed E-state index contributed by atoms with van der Waals surface area (Å²) in [5, 5.41) is 3.24. The number of carbonyl (C=O) groups excluding carboxylic acids is 1. The number of sulfonamides is 1. The molecular weight excluding hydrogens is 378 g/mol. The number of ether oxygens (including phenoxy) is 1. The number of benzene rings is 1. The van der Waals surface area contributed by atoms with Crippen molar-refractivity contribution in [1.82, 2.24) is 14.5 Å². The molecule has 1 aromatic carbocycles. The number of nitrogens with one attached hydrogen (secondary N) is 1. The molecule has 2 saturated heterocycles. The van der Waals surface area contributed by atoms with E-state index in [4.69, 9.17) is 4.74 Å². The van der Waals surface area contributed by atoms with E-state index in [2.05, 4.69) is 5.32 Å². The fraction of sp³-hybridized carbons (Fsp3) is 0.588. The van der Waals surface area contributed by atoms with Gasteiger partial charge in [-0.05, 0) is 38.1 Å². The van der Waals surface area contributed by atoms with E-state index < -0.39 is 15.6 Å². The normalized spacial score (nSPS) is 21.0. The van der Waals surface area contributed by atoms with Gasteiger partial charge in [-0.1, -0.05) is 18.2 Å². The summed E-state index contributed by atoms with van der Waals surface area (Å²) in [6, 6.07) is 8.42. The summed E-state index contributed by atoms with van der Waals surface area (Å²) in [5.74, 6) is -0.0201. The van der Waals surface area contributed by atoms with Crippen LogP contribution in [0.25, 0.3) is 0 Å². The summed E-state index contributed by atoms with van der Waals surface area (Å²) < 4.78 is 32.4. The Bertz CT molecular complexity index is 700. The van der Waals surface area contributed by atoms with Crippen LogP contribution in [0.2, 0.25) is 0 Å². The maximum Gasteiger partial charge on any atom is 0.254 e. The summed E-state index contributed by atoms with van der Waals surface area (Å²) in [5.41, 5.74) is -0.772. The highest BCUT2D eigenvalue weighted by molar-refractivity contribution is 7.89. The Hall–Kier alpha value is -1.19. The minimum Gasteiger partial charge on any atom is -0.368 e. The molecular formula is C17H26ClN3O4S. The molecule has 9 heteroatoms. The number of halogens is 1. The molecule has 0 aliphatic carbocycles. The summed E-state index contributed by atoms with van der Waals surface area (Å²) in [4.78, 5) is 15.0. The molecule has 0 atom stereocenters. The Balaban J connectivity index is 0.00000243. The molecule has 2 heterocycles. The first-order valence-electron chi connectivity index (χ1n) is 8.60. The summed E-state index contributed by atoms with van der Waals surface area (Å²) in [6.45, 7) is 2.90. The molecule has 2 fully saturated rings. The largest absolute Gasteiger partial charge is 0.368 e. The average molecular weight is 404 g/mol. The second kappa shape index (κ2) is 8.67. The van der Waals surface area contributed by atoms with Gasteiger partial charge in [0.05, 0.1) is 4.90 Å². The minimum atomic E-state index is -3.50. The molecule has 0 spiro atoms. The molecule has 3 rings (SSSR count). The van der Waals surface area contributed by atoms with Gasteiger partial charge in [0, 0.05) is 33.3 Å². The minimum absolute atomic E-state index is 0. The third-order valence-electron chi connectivity index (χ3n) is 5.10. The molecule has 146 valence electrons. The van der Waals surface area contributed by atoms with Crippen LogP contribution < -0.4 is 5.32 Å². The molecule has 0 aromatic heterocycles. The number of hydrogen-bond donors (Lipinski definition) is 1. The molecule has 2 aliphatic heterocycles. The van der Waals surface area contributed by atoms with Crippen molar-refractivity contribution in [3.63, 3.8) is 0 Å². The van der Waals surface area contributed by atoms with Gasteiger partial charge >= 0.3 is 0 Å².